The van der Waals surface area contributed by atoms with Crippen molar-refractivity contribution in [2.75, 3.05) is 0 Å². The van der Waals surface area contributed by atoms with Gasteiger partial charge in [-0.1, -0.05) is 43.7 Å². The molecular weight excluding hydrogens is 254 g/mol. The van der Waals surface area contributed by atoms with Crippen LogP contribution in [0.5, 0.6) is 0 Å². The number of carboxylic acids is 1. The zero-order valence-electron chi connectivity index (χ0n) is 11.7. The smallest absolute Gasteiger partial charge is 0.307 e. The summed E-state index contributed by atoms with van der Waals surface area (Å²) >= 11 is 0. The van der Waals surface area contributed by atoms with Crippen LogP contribution in [0.4, 0.5) is 0 Å². The molecule has 1 aliphatic carbocycles. The molecule has 1 fully saturated rings. The molecule has 0 aromatic heterocycles. The molecule has 0 saturated heterocycles. The van der Waals surface area contributed by atoms with Crippen molar-refractivity contribution in [1.29, 1.82) is 0 Å². The van der Waals surface area contributed by atoms with Gasteiger partial charge < -0.3 is 10.4 Å². The third-order valence-corrected chi connectivity index (χ3v) is 4.20. The van der Waals surface area contributed by atoms with Gasteiger partial charge in [-0.3, -0.25) is 9.59 Å². The fraction of sp³-hybridized carbons (Fsp3) is 0.500. The molecule has 0 spiro atoms. The van der Waals surface area contributed by atoms with E-state index in [0.29, 0.717) is 25.3 Å². The van der Waals surface area contributed by atoms with Gasteiger partial charge in [0.1, 0.15) is 0 Å². The molecule has 4 heteroatoms. The van der Waals surface area contributed by atoms with Gasteiger partial charge in [-0.25, -0.2) is 0 Å². The van der Waals surface area contributed by atoms with Crippen LogP contribution in [0.1, 0.15) is 31.7 Å². The van der Waals surface area contributed by atoms with E-state index in [4.69, 9.17) is 0 Å². The Balaban J connectivity index is 1.95. The molecule has 1 amide bonds. The number of rotatable bonds is 5. The predicted octanol–water partition coefficient (Wildman–Crippen LogP) is 2.44. The van der Waals surface area contributed by atoms with Crippen molar-refractivity contribution in [1.82, 2.24) is 5.32 Å². The summed E-state index contributed by atoms with van der Waals surface area (Å²) in [5.74, 6) is -1.54. The molecule has 1 unspecified atom stereocenters. The summed E-state index contributed by atoms with van der Waals surface area (Å²) in [6.45, 7) is 2.51. The van der Waals surface area contributed by atoms with Crippen LogP contribution < -0.4 is 5.32 Å². The first-order valence-electron chi connectivity index (χ1n) is 7.16. The number of carbonyl (C=O) groups is 2. The highest BCUT2D eigenvalue weighted by atomic mass is 16.4. The normalized spacial score (nSPS) is 25.4. The molecule has 1 saturated carbocycles. The van der Waals surface area contributed by atoms with E-state index in [1.165, 1.54) is 0 Å². The van der Waals surface area contributed by atoms with E-state index in [1.54, 1.807) is 0 Å². The maximum absolute atomic E-state index is 12.2. The Bertz CT molecular complexity index is 472. The average molecular weight is 275 g/mol. The molecule has 3 atom stereocenters. The Morgan fingerprint density at radius 2 is 1.85 bits per heavy atom. The van der Waals surface area contributed by atoms with Gasteiger partial charge in [0, 0.05) is 6.54 Å². The number of carbonyl (C=O) groups excluding carboxylic acids is 1. The summed E-state index contributed by atoms with van der Waals surface area (Å²) in [6.07, 6.45) is 2.25. The number of nitrogens with one attached hydrogen (secondary N) is 1. The quantitative estimate of drug-likeness (QED) is 0.867. The summed E-state index contributed by atoms with van der Waals surface area (Å²) in [5.41, 5.74) is 1.03. The van der Waals surface area contributed by atoms with Crippen molar-refractivity contribution in [3.63, 3.8) is 0 Å². The lowest BCUT2D eigenvalue weighted by atomic mass is 9.95. The van der Waals surface area contributed by atoms with Crippen molar-refractivity contribution < 1.29 is 14.7 Å². The largest absolute Gasteiger partial charge is 0.481 e. The molecule has 20 heavy (non-hydrogen) atoms. The minimum atomic E-state index is -0.846. The van der Waals surface area contributed by atoms with Crippen LogP contribution in [0.3, 0.4) is 0 Å². The van der Waals surface area contributed by atoms with Crippen molar-refractivity contribution in [2.45, 2.75) is 32.7 Å². The molecule has 0 aliphatic heterocycles. The second kappa shape index (κ2) is 6.55. The molecule has 108 valence electrons. The first-order valence-corrected chi connectivity index (χ1v) is 7.16. The van der Waals surface area contributed by atoms with E-state index < -0.39 is 11.9 Å². The fourth-order valence-electron chi connectivity index (χ4n) is 2.96. The molecule has 1 aromatic rings. The SMILES string of the molecule is CCC1C[C@H](C(=O)NCc2ccccc2)[C@H](C(=O)O)C1. The molecule has 0 radical (unpaired) electrons. The highest BCUT2D eigenvalue weighted by molar-refractivity contribution is 5.85. The molecular formula is C16H21NO3. The predicted molar refractivity (Wildman–Crippen MR) is 75.9 cm³/mol. The lowest BCUT2D eigenvalue weighted by Gasteiger charge is -2.15. The van der Waals surface area contributed by atoms with Crippen LogP contribution in [0.25, 0.3) is 0 Å². The zero-order valence-corrected chi connectivity index (χ0v) is 11.7. The lowest BCUT2D eigenvalue weighted by molar-refractivity contribution is -0.146. The summed E-state index contributed by atoms with van der Waals surface area (Å²) in [6, 6.07) is 9.65. The van der Waals surface area contributed by atoms with Crippen molar-refractivity contribution in [3.05, 3.63) is 35.9 Å². The third-order valence-electron chi connectivity index (χ3n) is 4.20. The van der Waals surface area contributed by atoms with Gasteiger partial charge in [0.05, 0.1) is 11.8 Å². The minimum Gasteiger partial charge on any atom is -0.481 e. The Morgan fingerprint density at radius 1 is 1.20 bits per heavy atom. The summed E-state index contributed by atoms with van der Waals surface area (Å²) in [4.78, 5) is 23.5. The van der Waals surface area contributed by atoms with E-state index in [9.17, 15) is 14.7 Å². The first-order chi connectivity index (χ1) is 9.61. The number of hydrogen-bond donors (Lipinski definition) is 2. The summed E-state index contributed by atoms with van der Waals surface area (Å²) in [7, 11) is 0. The van der Waals surface area contributed by atoms with Crippen LogP contribution in [0.15, 0.2) is 30.3 Å². The van der Waals surface area contributed by atoms with Crippen molar-refractivity contribution >= 4 is 11.9 Å². The number of amides is 1. The van der Waals surface area contributed by atoms with Crippen molar-refractivity contribution in [2.24, 2.45) is 17.8 Å². The molecule has 1 aromatic carbocycles. The van der Waals surface area contributed by atoms with Crippen LogP contribution in [-0.2, 0) is 16.1 Å². The lowest BCUT2D eigenvalue weighted by Crippen LogP contribution is -2.34. The fourth-order valence-corrected chi connectivity index (χ4v) is 2.96. The minimum absolute atomic E-state index is 0.128. The van der Waals surface area contributed by atoms with Crippen LogP contribution in [0.2, 0.25) is 0 Å². The van der Waals surface area contributed by atoms with Gasteiger partial charge in [0.2, 0.25) is 5.91 Å². The Morgan fingerprint density at radius 3 is 2.45 bits per heavy atom. The standard InChI is InChI=1S/C16H21NO3/c1-2-11-8-13(14(9-11)16(19)20)15(18)17-10-12-6-4-3-5-7-12/h3-7,11,13-14H,2,8-10H2,1H3,(H,17,18)(H,19,20)/t11?,13-,14+/m0/s1. The van der Waals surface area contributed by atoms with E-state index in [-0.39, 0.29) is 11.8 Å². The van der Waals surface area contributed by atoms with Gasteiger partial charge in [0.25, 0.3) is 0 Å². The second-order valence-electron chi connectivity index (χ2n) is 5.50. The monoisotopic (exact) mass is 275 g/mol. The molecule has 0 heterocycles. The van der Waals surface area contributed by atoms with Crippen molar-refractivity contribution in [3.8, 4) is 0 Å². The topological polar surface area (TPSA) is 66.4 Å². The third kappa shape index (κ3) is 3.38. The second-order valence-corrected chi connectivity index (χ2v) is 5.50. The summed E-state index contributed by atoms with van der Waals surface area (Å²) in [5, 5.41) is 12.1. The highest BCUT2D eigenvalue weighted by Gasteiger charge is 2.41. The van der Waals surface area contributed by atoms with E-state index in [1.807, 2.05) is 37.3 Å². The van der Waals surface area contributed by atoms with Gasteiger partial charge >= 0.3 is 5.97 Å². The molecule has 2 N–H and O–H groups in total. The zero-order chi connectivity index (χ0) is 14.5. The van der Waals surface area contributed by atoms with Gasteiger partial charge in [0.15, 0.2) is 0 Å². The van der Waals surface area contributed by atoms with Crippen LogP contribution >= 0.6 is 0 Å². The van der Waals surface area contributed by atoms with Crippen LogP contribution in [-0.4, -0.2) is 17.0 Å². The Hall–Kier alpha value is -1.84. The van der Waals surface area contributed by atoms with Crippen LogP contribution in [0, 0.1) is 17.8 Å². The Labute approximate surface area is 119 Å². The van der Waals surface area contributed by atoms with E-state index in [0.717, 1.165) is 12.0 Å². The maximum Gasteiger partial charge on any atom is 0.307 e. The summed E-state index contributed by atoms with van der Waals surface area (Å²) < 4.78 is 0. The van der Waals surface area contributed by atoms with Gasteiger partial charge in [-0.2, -0.15) is 0 Å². The molecule has 1 aliphatic rings. The number of hydrogen-bond acceptors (Lipinski definition) is 2. The first kappa shape index (κ1) is 14.6. The number of aliphatic carboxylic acids is 1. The van der Waals surface area contributed by atoms with E-state index in [2.05, 4.69) is 5.32 Å². The maximum atomic E-state index is 12.2. The number of benzene rings is 1. The van der Waals surface area contributed by atoms with Gasteiger partial charge in [-0.05, 0) is 24.3 Å². The highest BCUT2D eigenvalue weighted by Crippen LogP contribution is 2.38. The van der Waals surface area contributed by atoms with Gasteiger partial charge in [-0.15, -0.1) is 0 Å². The average Bonchev–Trinajstić information content (AvgIpc) is 2.90. The molecule has 2 rings (SSSR count). The molecule has 4 nitrogen and oxygen atoms in total. The number of carboxylic acid groups (broad SMARTS) is 1. The Kier molecular flexibility index (Phi) is 4.77. The van der Waals surface area contributed by atoms with E-state index >= 15 is 0 Å². The molecule has 0 bridgehead atoms.